The third kappa shape index (κ3) is 3.02. The number of nitrogens with zero attached hydrogens (tertiary/aromatic N) is 3. The normalized spacial score (nSPS) is 20.2. The van der Waals surface area contributed by atoms with Crippen LogP contribution in [0.15, 0.2) is 17.9 Å². The van der Waals surface area contributed by atoms with Gasteiger partial charge in [-0.25, -0.2) is 4.98 Å². The van der Waals surface area contributed by atoms with Gasteiger partial charge in [-0.2, -0.15) is 5.10 Å². The minimum atomic E-state index is 0.253. The minimum Gasteiger partial charge on any atom is -0.376 e. The zero-order chi connectivity index (χ0) is 13.9. The Hall–Kier alpha value is -1.40. The highest BCUT2D eigenvalue weighted by Gasteiger charge is 2.17. The fourth-order valence-electron chi connectivity index (χ4n) is 2.58. The Morgan fingerprint density at radius 3 is 3.20 bits per heavy atom. The first-order valence-corrected chi connectivity index (χ1v) is 7.91. The van der Waals surface area contributed by atoms with Crippen LogP contribution in [0, 0.1) is 6.92 Å². The van der Waals surface area contributed by atoms with Crippen LogP contribution in [0.5, 0.6) is 0 Å². The lowest BCUT2D eigenvalue weighted by Gasteiger charge is -2.12. The summed E-state index contributed by atoms with van der Waals surface area (Å²) in [5.74, 6) is 0. The molecule has 2 aromatic heterocycles. The third-order valence-electron chi connectivity index (χ3n) is 3.61. The number of nitrogens with one attached hydrogen (secondary N) is 1. The van der Waals surface area contributed by atoms with Crippen molar-refractivity contribution >= 4 is 17.0 Å². The molecule has 2 atom stereocenters. The lowest BCUT2D eigenvalue weighted by Crippen LogP contribution is -2.15. The van der Waals surface area contributed by atoms with E-state index in [2.05, 4.69) is 28.5 Å². The number of aromatic nitrogens is 3. The first-order valence-electron chi connectivity index (χ1n) is 7.03. The smallest absolute Gasteiger partial charge is 0.0798 e. The molecule has 1 N–H and O–H groups in total. The number of ether oxygens (including phenoxy) is 1. The van der Waals surface area contributed by atoms with Gasteiger partial charge in [0.25, 0.3) is 0 Å². The van der Waals surface area contributed by atoms with E-state index in [9.17, 15) is 0 Å². The van der Waals surface area contributed by atoms with Crippen molar-refractivity contribution in [2.24, 2.45) is 0 Å². The molecule has 0 saturated carbocycles. The SMILES string of the molecule is Cc1ncsc1C(C)Nc1cnn(CC2CCCO2)c1. The van der Waals surface area contributed by atoms with Crippen molar-refractivity contribution in [3.63, 3.8) is 0 Å². The summed E-state index contributed by atoms with van der Waals surface area (Å²) in [4.78, 5) is 5.57. The fraction of sp³-hybridized carbons (Fsp3) is 0.571. The number of thiazole rings is 1. The Bertz CT molecular complexity index is 559. The summed E-state index contributed by atoms with van der Waals surface area (Å²) in [5.41, 5.74) is 4.04. The second-order valence-corrected chi connectivity index (χ2v) is 6.14. The molecule has 6 heteroatoms. The Morgan fingerprint density at radius 1 is 1.60 bits per heavy atom. The summed E-state index contributed by atoms with van der Waals surface area (Å²) in [6.07, 6.45) is 6.55. The molecular formula is C14H20N4OS. The van der Waals surface area contributed by atoms with E-state index in [1.54, 1.807) is 11.3 Å². The largest absolute Gasteiger partial charge is 0.376 e. The molecule has 0 amide bonds. The molecule has 0 radical (unpaired) electrons. The van der Waals surface area contributed by atoms with Crippen LogP contribution in [0.1, 0.15) is 36.4 Å². The monoisotopic (exact) mass is 292 g/mol. The predicted molar refractivity (Wildman–Crippen MR) is 80.1 cm³/mol. The number of rotatable bonds is 5. The molecule has 2 aromatic rings. The van der Waals surface area contributed by atoms with E-state index in [-0.39, 0.29) is 6.04 Å². The standard InChI is InChI=1S/C14H20N4OS/c1-10-14(20-9-15-10)11(2)17-12-6-16-18(7-12)8-13-4-3-5-19-13/h6-7,9,11,13,17H,3-5,8H2,1-2H3. The Morgan fingerprint density at radius 2 is 2.50 bits per heavy atom. The van der Waals surface area contributed by atoms with Gasteiger partial charge in [-0.15, -0.1) is 11.3 Å². The molecule has 108 valence electrons. The molecule has 1 fully saturated rings. The molecule has 0 aliphatic carbocycles. The van der Waals surface area contributed by atoms with Crippen molar-refractivity contribution in [3.05, 3.63) is 28.5 Å². The average molecular weight is 292 g/mol. The van der Waals surface area contributed by atoms with Crippen molar-refractivity contribution in [3.8, 4) is 0 Å². The number of aryl methyl sites for hydroxylation is 1. The molecule has 0 bridgehead atoms. The summed E-state index contributed by atoms with van der Waals surface area (Å²) < 4.78 is 7.60. The maximum Gasteiger partial charge on any atom is 0.0798 e. The van der Waals surface area contributed by atoms with Crippen LogP contribution in [0.2, 0.25) is 0 Å². The minimum absolute atomic E-state index is 0.253. The summed E-state index contributed by atoms with van der Waals surface area (Å²) in [6.45, 7) is 5.93. The first-order chi connectivity index (χ1) is 9.72. The first kappa shape index (κ1) is 13.6. The second kappa shape index (κ2) is 5.93. The van der Waals surface area contributed by atoms with Crippen LogP contribution in [0.3, 0.4) is 0 Å². The molecular weight excluding hydrogens is 272 g/mol. The highest BCUT2D eigenvalue weighted by molar-refractivity contribution is 7.09. The quantitative estimate of drug-likeness (QED) is 0.920. The second-order valence-electron chi connectivity index (χ2n) is 5.25. The van der Waals surface area contributed by atoms with Crippen molar-refractivity contribution in [1.29, 1.82) is 0 Å². The average Bonchev–Trinajstić information content (AvgIpc) is 3.12. The van der Waals surface area contributed by atoms with Crippen LogP contribution in [-0.2, 0) is 11.3 Å². The van der Waals surface area contributed by atoms with Gasteiger partial charge in [0, 0.05) is 17.7 Å². The third-order valence-corrected chi connectivity index (χ3v) is 4.72. The van der Waals surface area contributed by atoms with E-state index in [1.807, 2.05) is 23.3 Å². The van der Waals surface area contributed by atoms with Crippen LogP contribution in [0.25, 0.3) is 0 Å². The summed E-state index contributed by atoms with van der Waals surface area (Å²) >= 11 is 1.69. The van der Waals surface area contributed by atoms with Gasteiger partial charge < -0.3 is 10.1 Å². The molecule has 5 nitrogen and oxygen atoms in total. The topological polar surface area (TPSA) is 52.0 Å². The number of hydrogen-bond donors (Lipinski definition) is 1. The van der Waals surface area contributed by atoms with Gasteiger partial charge in [-0.05, 0) is 26.7 Å². The van der Waals surface area contributed by atoms with E-state index in [4.69, 9.17) is 4.74 Å². The molecule has 1 aliphatic rings. The van der Waals surface area contributed by atoms with Crippen LogP contribution >= 0.6 is 11.3 Å². The lowest BCUT2D eigenvalue weighted by molar-refractivity contribution is 0.0940. The summed E-state index contributed by atoms with van der Waals surface area (Å²) in [6, 6.07) is 0.253. The van der Waals surface area contributed by atoms with E-state index in [1.165, 1.54) is 11.3 Å². The molecule has 3 rings (SSSR count). The molecule has 2 unspecified atom stereocenters. The van der Waals surface area contributed by atoms with E-state index in [0.717, 1.165) is 31.0 Å². The zero-order valence-electron chi connectivity index (χ0n) is 11.9. The Balaban J connectivity index is 1.60. The highest BCUT2D eigenvalue weighted by atomic mass is 32.1. The number of anilines is 1. The van der Waals surface area contributed by atoms with Gasteiger partial charge >= 0.3 is 0 Å². The Labute approximate surface area is 123 Å². The molecule has 20 heavy (non-hydrogen) atoms. The van der Waals surface area contributed by atoms with Crippen molar-refractivity contribution in [2.75, 3.05) is 11.9 Å². The van der Waals surface area contributed by atoms with Gasteiger partial charge in [0.05, 0.1) is 41.8 Å². The summed E-state index contributed by atoms with van der Waals surface area (Å²) in [7, 11) is 0. The lowest BCUT2D eigenvalue weighted by atomic mass is 10.2. The number of hydrogen-bond acceptors (Lipinski definition) is 5. The van der Waals surface area contributed by atoms with Crippen molar-refractivity contribution in [1.82, 2.24) is 14.8 Å². The molecule has 0 spiro atoms. The van der Waals surface area contributed by atoms with Crippen molar-refractivity contribution < 1.29 is 4.74 Å². The maximum absolute atomic E-state index is 5.63. The van der Waals surface area contributed by atoms with Gasteiger partial charge in [-0.1, -0.05) is 0 Å². The van der Waals surface area contributed by atoms with Gasteiger partial charge in [-0.3, -0.25) is 4.68 Å². The zero-order valence-corrected chi connectivity index (χ0v) is 12.7. The Kier molecular flexibility index (Phi) is 4.03. The summed E-state index contributed by atoms with van der Waals surface area (Å²) in [5, 5.41) is 7.88. The molecule has 1 aliphatic heterocycles. The van der Waals surface area contributed by atoms with Crippen LogP contribution in [0.4, 0.5) is 5.69 Å². The van der Waals surface area contributed by atoms with Gasteiger partial charge in [0.15, 0.2) is 0 Å². The highest BCUT2D eigenvalue weighted by Crippen LogP contribution is 2.25. The van der Waals surface area contributed by atoms with Gasteiger partial charge in [0.1, 0.15) is 0 Å². The van der Waals surface area contributed by atoms with Crippen molar-refractivity contribution in [2.45, 2.75) is 45.4 Å². The molecule has 3 heterocycles. The predicted octanol–water partition coefficient (Wildman–Crippen LogP) is 3.00. The van der Waals surface area contributed by atoms with E-state index >= 15 is 0 Å². The van der Waals surface area contributed by atoms with Gasteiger partial charge in [0.2, 0.25) is 0 Å². The maximum atomic E-state index is 5.63. The van der Waals surface area contributed by atoms with Crippen LogP contribution < -0.4 is 5.32 Å². The van der Waals surface area contributed by atoms with E-state index in [0.29, 0.717) is 6.10 Å². The molecule has 0 aromatic carbocycles. The van der Waals surface area contributed by atoms with E-state index < -0.39 is 0 Å². The molecule has 1 saturated heterocycles. The van der Waals surface area contributed by atoms with Crippen LogP contribution in [-0.4, -0.2) is 27.5 Å². The fourth-order valence-corrected chi connectivity index (χ4v) is 3.39.